The van der Waals surface area contributed by atoms with E-state index in [9.17, 15) is 13.2 Å². The normalized spacial score (nSPS) is 15.7. The molecule has 0 bridgehead atoms. The predicted octanol–water partition coefficient (Wildman–Crippen LogP) is 2.75. The number of fused-ring (bicyclic) bond motifs is 1. The number of sulfonamides is 1. The molecule has 1 amide bonds. The van der Waals surface area contributed by atoms with Gasteiger partial charge in [0.2, 0.25) is 15.9 Å². The summed E-state index contributed by atoms with van der Waals surface area (Å²) in [6, 6.07) is 10.1. The molecular weight excluding hydrogens is 440 g/mol. The first-order valence-corrected chi connectivity index (χ1v) is 11.9. The minimum atomic E-state index is -3.71. The van der Waals surface area contributed by atoms with Crippen molar-refractivity contribution in [3.8, 4) is 11.5 Å². The van der Waals surface area contributed by atoms with Crippen molar-refractivity contribution in [1.29, 1.82) is 0 Å². The van der Waals surface area contributed by atoms with Crippen LogP contribution >= 0.6 is 11.7 Å². The van der Waals surface area contributed by atoms with E-state index in [1.807, 2.05) is 0 Å². The predicted molar refractivity (Wildman–Crippen MR) is 117 cm³/mol. The smallest absolute Gasteiger partial charge is 0.245 e. The van der Waals surface area contributed by atoms with Gasteiger partial charge in [0, 0.05) is 30.8 Å². The van der Waals surface area contributed by atoms with Gasteiger partial charge in [-0.15, -0.1) is 0 Å². The first kappa shape index (κ1) is 21.5. The molecule has 0 spiro atoms. The highest BCUT2D eigenvalue weighted by molar-refractivity contribution is 7.89. The quantitative estimate of drug-likeness (QED) is 0.600. The van der Waals surface area contributed by atoms with E-state index in [0.29, 0.717) is 41.1 Å². The van der Waals surface area contributed by atoms with Crippen molar-refractivity contribution in [1.82, 2.24) is 13.1 Å². The summed E-state index contributed by atoms with van der Waals surface area (Å²) in [7, 11) is -0.633. The lowest BCUT2D eigenvalue weighted by Crippen LogP contribution is -2.41. The molecule has 3 aromatic rings. The van der Waals surface area contributed by atoms with E-state index in [1.165, 1.54) is 11.4 Å². The summed E-state index contributed by atoms with van der Waals surface area (Å²) in [5, 5.41) is 2.88. The Balaban J connectivity index is 1.42. The van der Waals surface area contributed by atoms with Crippen LogP contribution in [0.1, 0.15) is 12.8 Å². The van der Waals surface area contributed by atoms with Crippen LogP contribution in [0.15, 0.2) is 41.3 Å². The Kier molecular flexibility index (Phi) is 6.08. The van der Waals surface area contributed by atoms with Gasteiger partial charge in [0.25, 0.3) is 0 Å². The monoisotopic (exact) mass is 462 g/mol. The maximum absolute atomic E-state index is 13.1. The lowest BCUT2D eigenvalue weighted by Gasteiger charge is -2.30. The molecule has 9 nitrogen and oxygen atoms in total. The number of rotatable bonds is 6. The fourth-order valence-electron chi connectivity index (χ4n) is 3.65. The highest BCUT2D eigenvalue weighted by Gasteiger charge is 2.33. The fraction of sp³-hybridized carbons (Fsp3) is 0.350. The van der Waals surface area contributed by atoms with E-state index < -0.39 is 10.0 Å². The molecule has 0 radical (unpaired) electrons. The zero-order valence-electron chi connectivity index (χ0n) is 17.1. The number of nitrogens with zero attached hydrogens (tertiary/aromatic N) is 3. The van der Waals surface area contributed by atoms with Crippen molar-refractivity contribution in [2.75, 3.05) is 32.6 Å². The standard InChI is InChI=1S/C20H22N4O5S2/c1-28-16-7-6-14(12-17(16)29-2)21-20(25)13-8-10-24(11-9-13)31(26,27)18-5-3-4-15-19(18)23-30-22-15/h3-7,12-13H,8-11H2,1-2H3,(H,21,25). The maximum Gasteiger partial charge on any atom is 0.245 e. The zero-order chi connectivity index (χ0) is 22.0. The molecule has 0 aliphatic carbocycles. The van der Waals surface area contributed by atoms with Gasteiger partial charge in [-0.25, -0.2) is 8.42 Å². The summed E-state index contributed by atoms with van der Waals surface area (Å²) in [5.41, 5.74) is 1.55. The molecule has 1 saturated heterocycles. The second-order valence-corrected chi connectivity index (χ2v) is 9.56. The summed E-state index contributed by atoms with van der Waals surface area (Å²) in [6.07, 6.45) is 0.868. The van der Waals surface area contributed by atoms with Crippen molar-refractivity contribution in [2.45, 2.75) is 17.7 Å². The molecule has 0 atom stereocenters. The van der Waals surface area contributed by atoms with Gasteiger partial charge in [-0.1, -0.05) is 6.07 Å². The molecule has 2 heterocycles. The Labute approximate surface area is 184 Å². The number of nitrogens with one attached hydrogen (secondary N) is 1. The summed E-state index contributed by atoms with van der Waals surface area (Å²) < 4.78 is 46.4. The second-order valence-electron chi connectivity index (χ2n) is 7.13. The summed E-state index contributed by atoms with van der Waals surface area (Å²) in [5.74, 6) is 0.669. The molecule has 1 fully saturated rings. The average molecular weight is 463 g/mol. The SMILES string of the molecule is COc1ccc(NC(=O)C2CCN(S(=O)(=O)c3cccc4nsnc34)CC2)cc1OC. The van der Waals surface area contributed by atoms with E-state index in [2.05, 4.69) is 14.1 Å². The lowest BCUT2D eigenvalue weighted by molar-refractivity contribution is -0.120. The Morgan fingerprint density at radius 1 is 1.10 bits per heavy atom. The molecule has 2 aromatic carbocycles. The molecule has 0 unspecified atom stereocenters. The van der Waals surface area contributed by atoms with Crippen molar-refractivity contribution >= 4 is 44.4 Å². The largest absolute Gasteiger partial charge is 0.493 e. The highest BCUT2D eigenvalue weighted by atomic mass is 32.2. The minimum Gasteiger partial charge on any atom is -0.493 e. The molecule has 1 N–H and O–H groups in total. The van der Waals surface area contributed by atoms with Crippen molar-refractivity contribution in [3.05, 3.63) is 36.4 Å². The van der Waals surface area contributed by atoms with Crippen LogP contribution in [0, 0.1) is 5.92 Å². The summed E-state index contributed by atoms with van der Waals surface area (Å²) in [6.45, 7) is 0.528. The third kappa shape index (κ3) is 4.21. The number of carbonyl (C=O) groups excluding carboxylic acids is 1. The number of methoxy groups -OCH3 is 2. The van der Waals surface area contributed by atoms with Gasteiger partial charge in [-0.05, 0) is 37.1 Å². The zero-order valence-corrected chi connectivity index (χ0v) is 18.7. The van der Waals surface area contributed by atoms with E-state index in [4.69, 9.17) is 9.47 Å². The van der Waals surface area contributed by atoms with Crippen molar-refractivity contribution in [2.24, 2.45) is 5.92 Å². The highest BCUT2D eigenvalue weighted by Crippen LogP contribution is 2.31. The van der Waals surface area contributed by atoms with Crippen LogP contribution in [0.4, 0.5) is 5.69 Å². The van der Waals surface area contributed by atoms with Gasteiger partial charge in [-0.3, -0.25) is 4.79 Å². The number of benzene rings is 2. The molecular formula is C20H22N4O5S2. The molecule has 1 aromatic heterocycles. The number of hydrogen-bond acceptors (Lipinski definition) is 8. The van der Waals surface area contributed by atoms with Gasteiger partial charge in [0.1, 0.15) is 15.9 Å². The number of carbonyl (C=O) groups is 1. The van der Waals surface area contributed by atoms with Crippen LogP contribution in [0.25, 0.3) is 11.0 Å². The van der Waals surface area contributed by atoms with Crippen molar-refractivity contribution in [3.63, 3.8) is 0 Å². The first-order valence-electron chi connectivity index (χ1n) is 9.68. The van der Waals surface area contributed by atoms with Crippen LogP contribution in [0.3, 0.4) is 0 Å². The number of piperidine rings is 1. The second kappa shape index (κ2) is 8.77. The maximum atomic E-state index is 13.1. The Bertz CT molecular complexity index is 1200. The van der Waals surface area contributed by atoms with Gasteiger partial charge in [0.05, 0.1) is 25.9 Å². The topological polar surface area (TPSA) is 111 Å². The molecule has 0 saturated carbocycles. The van der Waals surface area contributed by atoms with Crippen LogP contribution in [-0.4, -0.2) is 54.7 Å². The summed E-state index contributed by atoms with van der Waals surface area (Å²) >= 11 is 0.987. The van der Waals surface area contributed by atoms with Gasteiger partial charge in [0.15, 0.2) is 11.5 Å². The van der Waals surface area contributed by atoms with Crippen LogP contribution in [0.2, 0.25) is 0 Å². The van der Waals surface area contributed by atoms with Crippen LogP contribution < -0.4 is 14.8 Å². The lowest BCUT2D eigenvalue weighted by atomic mass is 9.97. The summed E-state index contributed by atoms with van der Waals surface area (Å²) in [4.78, 5) is 12.9. The van der Waals surface area contributed by atoms with E-state index in [-0.39, 0.29) is 29.8 Å². The van der Waals surface area contributed by atoms with E-state index >= 15 is 0 Å². The van der Waals surface area contributed by atoms with Gasteiger partial charge < -0.3 is 14.8 Å². The molecule has 11 heteroatoms. The van der Waals surface area contributed by atoms with Gasteiger partial charge >= 0.3 is 0 Å². The number of amides is 1. The molecule has 164 valence electrons. The van der Waals surface area contributed by atoms with Crippen LogP contribution in [0.5, 0.6) is 11.5 Å². The fourth-order valence-corrected chi connectivity index (χ4v) is 5.87. The third-order valence-electron chi connectivity index (χ3n) is 5.34. The number of hydrogen-bond donors (Lipinski definition) is 1. The third-order valence-corrected chi connectivity index (χ3v) is 7.82. The van der Waals surface area contributed by atoms with E-state index in [0.717, 1.165) is 11.7 Å². The molecule has 4 rings (SSSR count). The molecule has 1 aliphatic heterocycles. The van der Waals surface area contributed by atoms with Crippen LogP contribution in [-0.2, 0) is 14.8 Å². The number of aromatic nitrogens is 2. The Morgan fingerprint density at radius 2 is 1.84 bits per heavy atom. The van der Waals surface area contributed by atoms with Crippen molar-refractivity contribution < 1.29 is 22.7 Å². The number of anilines is 1. The molecule has 1 aliphatic rings. The first-order chi connectivity index (χ1) is 14.9. The average Bonchev–Trinajstić information content (AvgIpc) is 3.28. The Morgan fingerprint density at radius 3 is 2.55 bits per heavy atom. The van der Waals surface area contributed by atoms with Gasteiger partial charge in [-0.2, -0.15) is 13.1 Å². The Hall–Kier alpha value is -2.76. The number of ether oxygens (including phenoxy) is 2. The molecule has 31 heavy (non-hydrogen) atoms. The van der Waals surface area contributed by atoms with E-state index in [1.54, 1.807) is 43.5 Å². The minimum absolute atomic E-state index is 0.143.